The van der Waals surface area contributed by atoms with Gasteiger partial charge < -0.3 is 4.74 Å². The zero-order chi connectivity index (χ0) is 19.6. The summed E-state index contributed by atoms with van der Waals surface area (Å²) in [5, 5.41) is 22.1. The van der Waals surface area contributed by atoms with Crippen molar-refractivity contribution in [1.82, 2.24) is 0 Å². The predicted octanol–water partition coefficient (Wildman–Crippen LogP) is 4.05. The highest BCUT2D eigenvalue weighted by Gasteiger charge is 2.39. The van der Waals surface area contributed by atoms with Gasteiger partial charge in [-0.2, -0.15) is 13.2 Å². The SMILES string of the molecule is Cc1cccc(C(=O)Oc2c([N+](=O)[O-])cc(C(F)(F)F)cc2[N+](=O)[O-])c1. The largest absolute Gasteiger partial charge is 0.416 e. The Morgan fingerprint density at radius 2 is 1.58 bits per heavy atom. The van der Waals surface area contributed by atoms with E-state index in [-0.39, 0.29) is 17.7 Å². The van der Waals surface area contributed by atoms with Crippen molar-refractivity contribution in [3.05, 3.63) is 73.3 Å². The van der Waals surface area contributed by atoms with Gasteiger partial charge in [-0.1, -0.05) is 17.7 Å². The lowest BCUT2D eigenvalue weighted by molar-refractivity contribution is -0.396. The Morgan fingerprint density at radius 1 is 1.04 bits per heavy atom. The quantitative estimate of drug-likeness (QED) is 0.347. The van der Waals surface area contributed by atoms with Crippen molar-refractivity contribution in [2.45, 2.75) is 13.1 Å². The van der Waals surface area contributed by atoms with Crippen molar-refractivity contribution in [2.24, 2.45) is 0 Å². The molecule has 0 amide bonds. The summed E-state index contributed by atoms with van der Waals surface area (Å²) in [7, 11) is 0. The van der Waals surface area contributed by atoms with Gasteiger partial charge in [0.05, 0.1) is 21.0 Å². The molecule has 0 fully saturated rings. The molecule has 8 nitrogen and oxygen atoms in total. The van der Waals surface area contributed by atoms with E-state index < -0.39 is 44.7 Å². The second-order valence-electron chi connectivity index (χ2n) is 5.11. The summed E-state index contributed by atoms with van der Waals surface area (Å²) < 4.78 is 43.2. The molecule has 0 radical (unpaired) electrons. The standard InChI is InChI=1S/C15H9F3N2O6/c1-8-3-2-4-9(5-8)14(21)26-13-11(19(22)23)6-10(15(16,17)18)7-12(13)20(24)25/h2-7H,1H3. The summed E-state index contributed by atoms with van der Waals surface area (Å²) in [4.78, 5) is 31.7. The van der Waals surface area contributed by atoms with Crippen LogP contribution in [0.15, 0.2) is 36.4 Å². The highest BCUT2D eigenvalue weighted by molar-refractivity contribution is 5.92. The number of hydrogen-bond acceptors (Lipinski definition) is 6. The van der Waals surface area contributed by atoms with Crippen LogP contribution < -0.4 is 4.74 Å². The van der Waals surface area contributed by atoms with Crippen molar-refractivity contribution in [3.63, 3.8) is 0 Å². The number of nitro groups is 2. The highest BCUT2D eigenvalue weighted by atomic mass is 19.4. The van der Waals surface area contributed by atoms with Crippen LogP contribution in [0.3, 0.4) is 0 Å². The van der Waals surface area contributed by atoms with Crippen LogP contribution in [-0.2, 0) is 6.18 Å². The van der Waals surface area contributed by atoms with Gasteiger partial charge >= 0.3 is 23.5 Å². The number of rotatable bonds is 4. The number of ether oxygens (including phenoxy) is 1. The van der Waals surface area contributed by atoms with E-state index in [1.807, 2.05) is 0 Å². The molecule has 0 unspecified atom stereocenters. The molecule has 0 spiro atoms. The maximum Gasteiger partial charge on any atom is 0.416 e. The molecule has 2 aromatic rings. The smallest absolute Gasteiger partial charge is 0.408 e. The molecule has 0 heterocycles. The Kier molecular flexibility index (Phi) is 4.91. The molecule has 26 heavy (non-hydrogen) atoms. The zero-order valence-corrected chi connectivity index (χ0v) is 12.9. The molecule has 0 saturated heterocycles. The number of benzene rings is 2. The van der Waals surface area contributed by atoms with E-state index in [0.717, 1.165) is 0 Å². The van der Waals surface area contributed by atoms with Crippen molar-refractivity contribution < 1.29 is 32.5 Å². The first-order valence-electron chi connectivity index (χ1n) is 6.83. The van der Waals surface area contributed by atoms with Crippen LogP contribution in [0.25, 0.3) is 0 Å². The van der Waals surface area contributed by atoms with E-state index in [9.17, 15) is 38.2 Å². The van der Waals surface area contributed by atoms with Crippen molar-refractivity contribution >= 4 is 17.3 Å². The lowest BCUT2D eigenvalue weighted by Crippen LogP contribution is -2.13. The molecule has 0 aromatic heterocycles. The van der Waals surface area contributed by atoms with Crippen LogP contribution in [0.1, 0.15) is 21.5 Å². The molecule has 11 heteroatoms. The number of carbonyl (C=O) groups is 1. The van der Waals surface area contributed by atoms with Crippen LogP contribution in [0.2, 0.25) is 0 Å². The first-order chi connectivity index (χ1) is 12.0. The monoisotopic (exact) mass is 370 g/mol. The topological polar surface area (TPSA) is 113 Å². The van der Waals surface area contributed by atoms with Gasteiger partial charge in [-0.15, -0.1) is 0 Å². The number of esters is 1. The van der Waals surface area contributed by atoms with Gasteiger partial charge in [-0.25, -0.2) is 4.79 Å². The number of alkyl halides is 3. The Balaban J connectivity index is 2.61. The molecule has 0 aliphatic rings. The van der Waals surface area contributed by atoms with Gasteiger partial charge in [0.2, 0.25) is 0 Å². The van der Waals surface area contributed by atoms with Gasteiger partial charge in [0.25, 0.3) is 5.75 Å². The number of carbonyl (C=O) groups excluding carboxylic acids is 1. The number of nitro benzene ring substituents is 2. The first kappa shape index (κ1) is 18.8. The lowest BCUT2D eigenvalue weighted by Gasteiger charge is -2.10. The van der Waals surface area contributed by atoms with E-state index in [4.69, 9.17) is 4.74 Å². The predicted molar refractivity (Wildman–Crippen MR) is 80.9 cm³/mol. The van der Waals surface area contributed by atoms with Gasteiger partial charge in [0.1, 0.15) is 0 Å². The maximum atomic E-state index is 12.8. The minimum Gasteiger partial charge on any atom is -0.408 e. The lowest BCUT2D eigenvalue weighted by atomic mass is 10.1. The fourth-order valence-corrected chi connectivity index (χ4v) is 2.06. The van der Waals surface area contributed by atoms with Gasteiger partial charge in [0.15, 0.2) is 0 Å². The molecular formula is C15H9F3N2O6. The Hall–Kier alpha value is -3.50. The van der Waals surface area contributed by atoms with Crippen LogP contribution in [0.4, 0.5) is 24.5 Å². The molecule has 136 valence electrons. The number of nitrogens with zero attached hydrogens (tertiary/aromatic N) is 2. The number of halogens is 3. The third-order valence-electron chi connectivity index (χ3n) is 3.22. The number of aryl methyl sites for hydroxylation is 1. The molecule has 0 bridgehead atoms. The van der Waals surface area contributed by atoms with Crippen LogP contribution >= 0.6 is 0 Å². The molecule has 2 rings (SSSR count). The molecule has 0 aliphatic carbocycles. The van der Waals surface area contributed by atoms with E-state index in [0.29, 0.717) is 5.56 Å². The van der Waals surface area contributed by atoms with Crippen LogP contribution in [-0.4, -0.2) is 15.8 Å². The zero-order valence-electron chi connectivity index (χ0n) is 12.9. The highest BCUT2D eigenvalue weighted by Crippen LogP contribution is 2.43. The first-order valence-corrected chi connectivity index (χ1v) is 6.83. The minimum atomic E-state index is -5.06. The normalized spacial score (nSPS) is 11.1. The molecular weight excluding hydrogens is 361 g/mol. The Labute approximate surface area is 143 Å². The van der Waals surface area contributed by atoms with Crippen molar-refractivity contribution in [3.8, 4) is 5.75 Å². The number of hydrogen-bond donors (Lipinski definition) is 0. The third kappa shape index (κ3) is 3.94. The van der Waals surface area contributed by atoms with Gasteiger partial charge in [-0.3, -0.25) is 20.2 Å². The van der Waals surface area contributed by atoms with E-state index in [1.54, 1.807) is 13.0 Å². The summed E-state index contributed by atoms with van der Waals surface area (Å²) >= 11 is 0. The molecule has 0 atom stereocenters. The van der Waals surface area contributed by atoms with Crippen LogP contribution in [0.5, 0.6) is 5.75 Å². The van der Waals surface area contributed by atoms with Gasteiger partial charge in [0, 0.05) is 12.1 Å². The van der Waals surface area contributed by atoms with E-state index >= 15 is 0 Å². The van der Waals surface area contributed by atoms with Crippen molar-refractivity contribution in [1.29, 1.82) is 0 Å². The summed E-state index contributed by atoms with van der Waals surface area (Å²) in [5.74, 6) is -2.35. The van der Waals surface area contributed by atoms with E-state index in [2.05, 4.69) is 0 Å². The molecule has 2 aromatic carbocycles. The van der Waals surface area contributed by atoms with Crippen LogP contribution in [0, 0.1) is 27.2 Å². The summed E-state index contributed by atoms with van der Waals surface area (Å²) in [6.45, 7) is 1.64. The fourth-order valence-electron chi connectivity index (χ4n) is 2.06. The minimum absolute atomic E-state index is 0.0753. The second kappa shape index (κ2) is 6.78. The maximum absolute atomic E-state index is 12.8. The third-order valence-corrected chi connectivity index (χ3v) is 3.22. The molecule has 0 saturated carbocycles. The Bertz CT molecular complexity index is 875. The Morgan fingerprint density at radius 3 is 2.00 bits per heavy atom. The van der Waals surface area contributed by atoms with E-state index in [1.165, 1.54) is 18.2 Å². The second-order valence-corrected chi connectivity index (χ2v) is 5.11. The summed E-state index contributed by atoms with van der Waals surface area (Å²) in [6, 6.07) is 5.90. The summed E-state index contributed by atoms with van der Waals surface area (Å²) in [6.07, 6.45) is -5.06. The fraction of sp³-hybridized carbons (Fsp3) is 0.133. The average Bonchev–Trinajstić information content (AvgIpc) is 2.53. The summed E-state index contributed by atoms with van der Waals surface area (Å²) in [5.41, 5.74) is -3.73. The van der Waals surface area contributed by atoms with Crippen molar-refractivity contribution in [2.75, 3.05) is 0 Å². The average molecular weight is 370 g/mol. The van der Waals surface area contributed by atoms with Gasteiger partial charge in [-0.05, 0) is 19.1 Å². The molecule has 0 aliphatic heterocycles. The molecule has 0 N–H and O–H groups in total.